The fourth-order valence-corrected chi connectivity index (χ4v) is 3.06. The molecule has 2 aromatic carbocycles. The molecule has 1 heterocycles. The third-order valence-corrected chi connectivity index (χ3v) is 4.42. The van der Waals surface area contributed by atoms with Gasteiger partial charge in [-0.25, -0.2) is 4.39 Å². The lowest BCUT2D eigenvalue weighted by Gasteiger charge is -2.11. The first kappa shape index (κ1) is 18.0. The topological polar surface area (TPSA) is 43.3 Å². The van der Waals surface area contributed by atoms with Gasteiger partial charge in [-0.1, -0.05) is 11.6 Å². The number of hydrogen-bond donors (Lipinski definition) is 1. The first-order valence-corrected chi connectivity index (χ1v) is 8.38. The third-order valence-electron chi connectivity index (χ3n) is 4.19. The van der Waals surface area contributed by atoms with Crippen LogP contribution >= 0.6 is 11.6 Å². The number of hydrogen-bond acceptors (Lipinski definition) is 2. The molecule has 6 heteroatoms. The molecule has 0 fully saturated rings. The minimum atomic E-state index is -0.574. The molecule has 0 radical (unpaired) electrons. The summed E-state index contributed by atoms with van der Waals surface area (Å²) in [5, 5.41) is 2.87. The molecular weight excluding hydrogens is 355 g/mol. The molecule has 134 valence electrons. The predicted molar refractivity (Wildman–Crippen MR) is 101 cm³/mol. The maximum atomic E-state index is 13.9. The van der Waals surface area contributed by atoms with Gasteiger partial charge in [0.2, 0.25) is 0 Å². The molecule has 3 aromatic rings. The van der Waals surface area contributed by atoms with Crippen molar-refractivity contribution in [1.29, 1.82) is 0 Å². The highest BCUT2D eigenvalue weighted by molar-refractivity contribution is 6.30. The maximum absolute atomic E-state index is 13.9. The largest absolute Gasteiger partial charge is 0.497 e. The van der Waals surface area contributed by atoms with Crippen molar-refractivity contribution in [3.05, 3.63) is 76.3 Å². The van der Waals surface area contributed by atoms with Gasteiger partial charge in [0, 0.05) is 22.1 Å². The number of nitrogens with zero attached hydrogens (tertiary/aromatic N) is 1. The van der Waals surface area contributed by atoms with Gasteiger partial charge in [-0.15, -0.1) is 0 Å². The highest BCUT2D eigenvalue weighted by Crippen LogP contribution is 2.25. The van der Waals surface area contributed by atoms with E-state index in [0.29, 0.717) is 5.56 Å². The minimum Gasteiger partial charge on any atom is -0.497 e. The van der Waals surface area contributed by atoms with Crippen LogP contribution in [0.4, 0.5) is 10.1 Å². The summed E-state index contributed by atoms with van der Waals surface area (Å²) in [6.07, 6.45) is 0. The Kier molecular flexibility index (Phi) is 5.00. The quantitative estimate of drug-likeness (QED) is 0.688. The smallest absolute Gasteiger partial charge is 0.257 e. The summed E-state index contributed by atoms with van der Waals surface area (Å²) in [4.78, 5) is 12.6. The summed E-state index contributed by atoms with van der Waals surface area (Å²) >= 11 is 5.74. The molecule has 1 N–H and O–H groups in total. The lowest BCUT2D eigenvalue weighted by atomic mass is 10.2. The number of aromatic nitrogens is 1. The van der Waals surface area contributed by atoms with Crippen molar-refractivity contribution in [3.63, 3.8) is 0 Å². The summed E-state index contributed by atoms with van der Waals surface area (Å²) in [6, 6.07) is 13.5. The number of aryl methyl sites for hydroxylation is 1. The molecule has 3 rings (SSSR count). The van der Waals surface area contributed by atoms with Gasteiger partial charge >= 0.3 is 0 Å². The average molecular weight is 373 g/mol. The van der Waals surface area contributed by atoms with E-state index in [1.54, 1.807) is 13.2 Å². The number of ether oxygens (including phenoxy) is 1. The average Bonchev–Trinajstić information content (AvgIpc) is 2.92. The van der Waals surface area contributed by atoms with Gasteiger partial charge in [-0.05, 0) is 62.4 Å². The Labute approximate surface area is 156 Å². The van der Waals surface area contributed by atoms with Gasteiger partial charge in [-0.2, -0.15) is 0 Å². The molecule has 1 aromatic heterocycles. The van der Waals surface area contributed by atoms with Crippen LogP contribution in [0.1, 0.15) is 21.7 Å². The van der Waals surface area contributed by atoms with Crippen LogP contribution in [0.25, 0.3) is 5.69 Å². The van der Waals surface area contributed by atoms with Crippen molar-refractivity contribution >= 4 is 23.2 Å². The SMILES string of the molecule is COc1ccc(-n2c(C)cc(C(=O)Nc3ccc(Cl)cc3F)c2C)cc1. The van der Waals surface area contributed by atoms with Crippen molar-refractivity contribution in [2.24, 2.45) is 0 Å². The summed E-state index contributed by atoms with van der Waals surface area (Å²) in [5.74, 6) is -0.193. The number of carbonyl (C=O) groups excluding carboxylic acids is 1. The van der Waals surface area contributed by atoms with E-state index in [4.69, 9.17) is 16.3 Å². The van der Waals surface area contributed by atoms with Crippen molar-refractivity contribution in [2.75, 3.05) is 12.4 Å². The molecule has 0 unspecified atom stereocenters. The van der Waals surface area contributed by atoms with Gasteiger partial charge in [0.15, 0.2) is 0 Å². The summed E-state index contributed by atoms with van der Waals surface area (Å²) in [6.45, 7) is 3.77. The Hall–Kier alpha value is -2.79. The highest BCUT2D eigenvalue weighted by atomic mass is 35.5. The van der Waals surface area contributed by atoms with E-state index in [0.717, 1.165) is 28.9 Å². The first-order valence-electron chi connectivity index (χ1n) is 8.00. The lowest BCUT2D eigenvalue weighted by molar-refractivity contribution is 0.102. The number of amides is 1. The van der Waals surface area contributed by atoms with E-state index in [1.165, 1.54) is 12.1 Å². The molecule has 0 aliphatic rings. The third kappa shape index (κ3) is 3.44. The van der Waals surface area contributed by atoms with E-state index >= 15 is 0 Å². The maximum Gasteiger partial charge on any atom is 0.257 e. The molecular formula is C20H18ClFN2O2. The van der Waals surface area contributed by atoms with Crippen molar-refractivity contribution in [3.8, 4) is 11.4 Å². The molecule has 0 spiro atoms. The van der Waals surface area contributed by atoms with Crippen LogP contribution < -0.4 is 10.1 Å². The number of benzene rings is 2. The number of nitrogens with one attached hydrogen (secondary N) is 1. The Morgan fingerprint density at radius 1 is 1.12 bits per heavy atom. The van der Waals surface area contributed by atoms with E-state index in [-0.39, 0.29) is 16.6 Å². The van der Waals surface area contributed by atoms with E-state index in [1.807, 2.05) is 42.7 Å². The Balaban J connectivity index is 1.92. The van der Waals surface area contributed by atoms with Crippen LogP contribution in [0.2, 0.25) is 5.02 Å². The first-order chi connectivity index (χ1) is 12.4. The van der Waals surface area contributed by atoms with Crippen LogP contribution in [0.5, 0.6) is 5.75 Å². The second kappa shape index (κ2) is 7.22. The second-order valence-electron chi connectivity index (χ2n) is 5.90. The van der Waals surface area contributed by atoms with Crippen molar-refractivity contribution in [1.82, 2.24) is 4.57 Å². The molecule has 4 nitrogen and oxygen atoms in total. The Morgan fingerprint density at radius 2 is 1.81 bits per heavy atom. The summed E-state index contributed by atoms with van der Waals surface area (Å²) < 4.78 is 21.1. The van der Waals surface area contributed by atoms with E-state index < -0.39 is 5.82 Å². The standard InChI is InChI=1S/C20H18ClFN2O2/c1-12-10-17(20(25)23-19-9-4-14(21)11-18(19)22)13(2)24(12)15-5-7-16(26-3)8-6-15/h4-11H,1-3H3,(H,23,25). The second-order valence-corrected chi connectivity index (χ2v) is 6.33. The molecule has 0 saturated heterocycles. The zero-order valence-corrected chi connectivity index (χ0v) is 15.4. The number of anilines is 1. The van der Waals surface area contributed by atoms with Crippen LogP contribution in [0.3, 0.4) is 0 Å². The van der Waals surface area contributed by atoms with Gasteiger partial charge in [0.25, 0.3) is 5.91 Å². The molecule has 0 aliphatic heterocycles. The zero-order chi connectivity index (χ0) is 18.8. The molecule has 0 aliphatic carbocycles. The molecule has 0 bridgehead atoms. The van der Waals surface area contributed by atoms with Crippen molar-refractivity contribution in [2.45, 2.75) is 13.8 Å². The van der Waals surface area contributed by atoms with Gasteiger partial charge in [-0.3, -0.25) is 4.79 Å². The summed E-state index contributed by atoms with van der Waals surface area (Å²) in [5.41, 5.74) is 3.15. The molecule has 0 atom stereocenters. The number of rotatable bonds is 4. The minimum absolute atomic E-state index is 0.0913. The Bertz CT molecular complexity index is 965. The van der Waals surface area contributed by atoms with Crippen molar-refractivity contribution < 1.29 is 13.9 Å². The van der Waals surface area contributed by atoms with Crippen LogP contribution in [-0.4, -0.2) is 17.6 Å². The number of methoxy groups -OCH3 is 1. The fourth-order valence-electron chi connectivity index (χ4n) is 2.90. The monoisotopic (exact) mass is 372 g/mol. The molecule has 0 saturated carbocycles. The molecule has 1 amide bonds. The van der Waals surface area contributed by atoms with E-state index in [2.05, 4.69) is 5.32 Å². The normalized spacial score (nSPS) is 10.7. The number of carbonyl (C=O) groups is 1. The van der Waals surface area contributed by atoms with Crippen LogP contribution in [0, 0.1) is 19.7 Å². The molecule has 26 heavy (non-hydrogen) atoms. The van der Waals surface area contributed by atoms with Gasteiger partial charge in [0.1, 0.15) is 11.6 Å². The van der Waals surface area contributed by atoms with Gasteiger partial charge < -0.3 is 14.6 Å². The highest BCUT2D eigenvalue weighted by Gasteiger charge is 2.18. The van der Waals surface area contributed by atoms with E-state index in [9.17, 15) is 9.18 Å². The Morgan fingerprint density at radius 3 is 2.42 bits per heavy atom. The number of halogens is 2. The zero-order valence-electron chi connectivity index (χ0n) is 14.6. The van der Waals surface area contributed by atoms with Crippen LogP contribution in [0.15, 0.2) is 48.5 Å². The fraction of sp³-hybridized carbons (Fsp3) is 0.150. The van der Waals surface area contributed by atoms with Gasteiger partial charge in [0.05, 0.1) is 18.4 Å². The lowest BCUT2D eigenvalue weighted by Crippen LogP contribution is -2.14. The summed E-state index contributed by atoms with van der Waals surface area (Å²) in [7, 11) is 1.61. The van der Waals surface area contributed by atoms with Crippen LogP contribution in [-0.2, 0) is 0 Å². The predicted octanol–water partition coefficient (Wildman–Crippen LogP) is 5.15.